The molecule has 9 heteroatoms. The molecule has 0 amide bonds. The number of nitrogens with one attached hydrogen (secondary N) is 1. The number of nitro benzene ring substituents is 1. The average molecular weight is 427 g/mol. The van der Waals surface area contributed by atoms with E-state index in [0.717, 1.165) is 0 Å². The smallest absolute Gasteiger partial charge is 0.357 e. The van der Waals surface area contributed by atoms with Crippen molar-refractivity contribution in [1.29, 1.82) is 0 Å². The molecule has 0 heterocycles. The van der Waals surface area contributed by atoms with Crippen LogP contribution in [0.2, 0.25) is 5.02 Å². The van der Waals surface area contributed by atoms with E-state index in [-0.39, 0.29) is 17.9 Å². The van der Waals surface area contributed by atoms with Gasteiger partial charge in [-0.2, -0.15) is 0 Å². The zero-order chi connectivity index (χ0) is 20.9. The summed E-state index contributed by atoms with van der Waals surface area (Å²) < 4.78 is 25.3. The van der Waals surface area contributed by atoms with E-state index in [4.69, 9.17) is 20.6 Å². The molecule has 152 valence electrons. The number of nitrogens with zero attached hydrogens (tertiary/aromatic N) is 1. The number of nitro groups is 1. The van der Waals surface area contributed by atoms with E-state index in [1.54, 1.807) is 64.1 Å². The van der Waals surface area contributed by atoms with Gasteiger partial charge < -0.3 is 14.4 Å². The Bertz CT molecular complexity index is 826. The number of benzene rings is 2. The van der Waals surface area contributed by atoms with Gasteiger partial charge in [0.1, 0.15) is 0 Å². The lowest BCUT2D eigenvalue weighted by Gasteiger charge is -2.31. The predicted octanol–water partition coefficient (Wildman–Crippen LogP) is 6.40. The van der Waals surface area contributed by atoms with Gasteiger partial charge in [0.2, 0.25) is 0 Å². The first-order chi connectivity index (χ1) is 13.1. The third-order valence-corrected chi connectivity index (χ3v) is 6.34. The highest BCUT2D eigenvalue weighted by Gasteiger charge is 2.39. The highest BCUT2D eigenvalue weighted by atomic mass is 35.5. The van der Waals surface area contributed by atoms with E-state index in [1.807, 2.05) is 0 Å². The minimum atomic E-state index is -3.66. The van der Waals surface area contributed by atoms with Gasteiger partial charge in [-0.3, -0.25) is 14.7 Å². The molecule has 0 spiro atoms. The number of hydrogen-bond acceptors (Lipinski definition) is 6. The molecule has 0 saturated carbocycles. The third-order valence-electron chi connectivity index (χ3n) is 3.60. The Hall–Kier alpha value is -1.92. The maximum Gasteiger partial charge on any atom is 0.357 e. The van der Waals surface area contributed by atoms with Gasteiger partial charge in [-0.25, -0.2) is 0 Å². The summed E-state index contributed by atoms with van der Waals surface area (Å²) in [5.74, 6) is -0.823. The molecule has 0 radical (unpaired) electrons. The molecular formula is C19H24ClN2O5P. The first-order valence-corrected chi connectivity index (χ1v) is 10.8. The summed E-state index contributed by atoms with van der Waals surface area (Å²) in [7, 11) is -3.66. The molecule has 0 bridgehead atoms. The molecule has 0 aliphatic carbocycles. The third kappa shape index (κ3) is 6.04. The topological polar surface area (TPSA) is 90.7 Å². The Morgan fingerprint density at radius 3 is 1.89 bits per heavy atom. The average Bonchev–Trinajstić information content (AvgIpc) is 2.59. The first-order valence-electron chi connectivity index (χ1n) is 8.83. The molecule has 2 rings (SSSR count). The lowest BCUT2D eigenvalue weighted by Crippen LogP contribution is -2.19. The standard InChI is InChI=1S/C19H24ClN2O5P/c1-13(2)26-28(25,27-14(3)4)19(15-5-7-16(20)8-6-15)21-17-9-11-18(12-10-17)22(23)24/h5-14,19,21H,1-4H3. The SMILES string of the molecule is CC(C)OP(=O)(OC(C)C)C(Nc1ccc([N+](=O)[O-])cc1)c1ccc(Cl)cc1. The number of rotatable bonds is 9. The van der Waals surface area contributed by atoms with E-state index in [2.05, 4.69) is 5.32 Å². The van der Waals surface area contributed by atoms with E-state index in [1.165, 1.54) is 12.1 Å². The van der Waals surface area contributed by atoms with Gasteiger partial charge in [0.25, 0.3) is 5.69 Å². The van der Waals surface area contributed by atoms with Gasteiger partial charge in [0.15, 0.2) is 5.78 Å². The van der Waals surface area contributed by atoms with Crippen molar-refractivity contribution >= 4 is 30.6 Å². The highest BCUT2D eigenvalue weighted by Crippen LogP contribution is 2.62. The second-order valence-corrected chi connectivity index (χ2v) is 9.20. The van der Waals surface area contributed by atoms with Gasteiger partial charge in [-0.05, 0) is 57.5 Å². The van der Waals surface area contributed by atoms with Crippen LogP contribution in [0.15, 0.2) is 48.5 Å². The maximum absolute atomic E-state index is 13.8. The van der Waals surface area contributed by atoms with E-state index >= 15 is 0 Å². The second kappa shape index (κ2) is 9.52. The Balaban J connectivity index is 2.46. The molecule has 28 heavy (non-hydrogen) atoms. The van der Waals surface area contributed by atoms with Gasteiger partial charge >= 0.3 is 7.60 Å². The van der Waals surface area contributed by atoms with Crippen LogP contribution in [0.1, 0.15) is 39.0 Å². The number of hydrogen-bond donors (Lipinski definition) is 1. The summed E-state index contributed by atoms with van der Waals surface area (Å²) in [5.41, 5.74) is 1.17. The normalized spacial score (nSPS) is 13.0. The minimum Gasteiger partial charge on any atom is -0.368 e. The van der Waals surface area contributed by atoms with Crippen LogP contribution in [-0.2, 0) is 13.6 Å². The summed E-state index contributed by atoms with van der Waals surface area (Å²) >= 11 is 5.99. The molecule has 0 aliphatic rings. The van der Waals surface area contributed by atoms with Gasteiger partial charge in [-0.1, -0.05) is 23.7 Å². The van der Waals surface area contributed by atoms with Crippen molar-refractivity contribution in [3.8, 4) is 0 Å². The van der Waals surface area contributed by atoms with Crippen molar-refractivity contribution in [3.63, 3.8) is 0 Å². The molecule has 2 aromatic rings. The summed E-state index contributed by atoms with van der Waals surface area (Å²) in [6.45, 7) is 7.12. The van der Waals surface area contributed by atoms with Crippen LogP contribution in [-0.4, -0.2) is 17.1 Å². The van der Waals surface area contributed by atoms with Crippen molar-refractivity contribution in [1.82, 2.24) is 0 Å². The molecule has 0 aromatic heterocycles. The van der Waals surface area contributed by atoms with Crippen molar-refractivity contribution in [2.75, 3.05) is 5.32 Å². The molecule has 1 atom stereocenters. The fraction of sp³-hybridized carbons (Fsp3) is 0.368. The zero-order valence-corrected chi connectivity index (χ0v) is 17.8. The molecule has 0 aliphatic heterocycles. The summed E-state index contributed by atoms with van der Waals surface area (Å²) in [6.07, 6.45) is -0.670. The quantitative estimate of drug-likeness (QED) is 0.283. The Morgan fingerprint density at radius 2 is 1.46 bits per heavy atom. The molecule has 0 saturated heterocycles. The van der Waals surface area contributed by atoms with Crippen LogP contribution in [0.5, 0.6) is 0 Å². The Labute approximate surface area is 169 Å². The monoisotopic (exact) mass is 426 g/mol. The molecule has 1 N–H and O–H groups in total. The zero-order valence-electron chi connectivity index (χ0n) is 16.2. The van der Waals surface area contributed by atoms with E-state index in [0.29, 0.717) is 16.3 Å². The van der Waals surface area contributed by atoms with Crippen LogP contribution in [0.3, 0.4) is 0 Å². The summed E-state index contributed by atoms with van der Waals surface area (Å²) in [4.78, 5) is 10.4. The molecule has 0 fully saturated rings. The van der Waals surface area contributed by atoms with Crippen molar-refractivity contribution in [3.05, 3.63) is 69.2 Å². The number of anilines is 1. The van der Waals surface area contributed by atoms with Crippen LogP contribution in [0, 0.1) is 10.1 Å². The first kappa shape index (κ1) is 22.4. The van der Waals surface area contributed by atoms with Crippen LogP contribution in [0.4, 0.5) is 11.4 Å². The highest BCUT2D eigenvalue weighted by molar-refractivity contribution is 7.54. The van der Waals surface area contributed by atoms with Crippen LogP contribution >= 0.6 is 19.2 Å². The van der Waals surface area contributed by atoms with Crippen molar-refractivity contribution in [2.24, 2.45) is 0 Å². The summed E-state index contributed by atoms with van der Waals surface area (Å²) in [5, 5.41) is 14.6. The van der Waals surface area contributed by atoms with Crippen LogP contribution < -0.4 is 5.32 Å². The number of non-ortho nitro benzene ring substituents is 1. The molecule has 1 unspecified atom stereocenters. The molecular weight excluding hydrogens is 403 g/mol. The van der Waals surface area contributed by atoms with E-state index < -0.39 is 18.3 Å². The predicted molar refractivity (Wildman–Crippen MR) is 111 cm³/mol. The van der Waals surface area contributed by atoms with E-state index in [9.17, 15) is 14.7 Å². The largest absolute Gasteiger partial charge is 0.368 e. The maximum atomic E-state index is 13.8. The Kier molecular flexibility index (Phi) is 7.61. The Morgan fingerprint density at radius 1 is 0.964 bits per heavy atom. The lowest BCUT2D eigenvalue weighted by atomic mass is 10.2. The summed E-state index contributed by atoms with van der Waals surface area (Å²) in [6, 6.07) is 12.7. The van der Waals surface area contributed by atoms with Gasteiger partial charge in [0, 0.05) is 22.8 Å². The fourth-order valence-corrected chi connectivity index (χ4v) is 5.00. The lowest BCUT2D eigenvalue weighted by molar-refractivity contribution is -0.384. The van der Waals surface area contributed by atoms with Gasteiger partial charge in [-0.15, -0.1) is 0 Å². The van der Waals surface area contributed by atoms with Gasteiger partial charge in [0.05, 0.1) is 17.1 Å². The van der Waals surface area contributed by atoms with Crippen molar-refractivity contribution < 1.29 is 18.5 Å². The second-order valence-electron chi connectivity index (χ2n) is 6.75. The minimum absolute atomic E-state index is 0.0337. The number of halogens is 1. The molecule has 2 aromatic carbocycles. The molecule has 7 nitrogen and oxygen atoms in total. The fourth-order valence-electron chi connectivity index (χ4n) is 2.56. The van der Waals surface area contributed by atoms with Crippen molar-refractivity contribution in [2.45, 2.75) is 45.7 Å². The van der Waals surface area contributed by atoms with Crippen LogP contribution in [0.25, 0.3) is 0 Å².